The number of terminal acetylenes is 2. The summed E-state index contributed by atoms with van der Waals surface area (Å²) in [6, 6.07) is 6.92. The maximum Gasteiger partial charge on any atom is 0.414 e. The fourth-order valence-electron chi connectivity index (χ4n) is 2.21. The van der Waals surface area contributed by atoms with E-state index in [0.717, 1.165) is 5.56 Å². The molecule has 160 valence electrons. The molecular weight excluding hydrogens is 378 g/mol. The second kappa shape index (κ2) is 14.4. The Bertz CT molecular complexity index is 666. The third kappa shape index (κ3) is 9.44. The van der Waals surface area contributed by atoms with Gasteiger partial charge in [0.2, 0.25) is 6.29 Å². The number of carbonyl (C=O) groups excluding carboxylic acids is 1. The van der Waals surface area contributed by atoms with Gasteiger partial charge in [-0.05, 0) is 38.5 Å². The molecule has 0 saturated carbocycles. The van der Waals surface area contributed by atoms with Crippen molar-refractivity contribution in [3.05, 3.63) is 29.8 Å². The summed E-state index contributed by atoms with van der Waals surface area (Å²) < 4.78 is 15.1. The Morgan fingerprint density at radius 3 is 2.10 bits per heavy atom. The van der Waals surface area contributed by atoms with Crippen LogP contribution >= 0.6 is 0 Å². The van der Waals surface area contributed by atoms with Gasteiger partial charge >= 0.3 is 6.09 Å². The molecule has 8 heteroatoms. The summed E-state index contributed by atoms with van der Waals surface area (Å²) in [5, 5.41) is 31.5. The monoisotopic (exact) mass is 407 g/mol. The van der Waals surface area contributed by atoms with E-state index < -0.39 is 36.8 Å². The molecule has 2 rings (SSSR count). The minimum atomic E-state index is -1.53. The summed E-state index contributed by atoms with van der Waals surface area (Å²) in [6.07, 6.45) is 1.97. The van der Waals surface area contributed by atoms with Crippen molar-refractivity contribution in [3.63, 3.8) is 0 Å². The topological polar surface area (TPSA) is 117 Å². The average molecular weight is 407 g/mol. The number of carbonyl (C=O) groups is 1. The maximum atomic E-state index is 11.8. The molecule has 1 aliphatic rings. The summed E-state index contributed by atoms with van der Waals surface area (Å²) in [4.78, 5) is 11.8. The third-order valence-electron chi connectivity index (χ3n) is 3.54. The quantitative estimate of drug-likeness (QED) is 0.559. The molecule has 5 atom stereocenters. The molecule has 0 spiro atoms. The Balaban J connectivity index is 0.00000116. The molecule has 5 unspecified atom stereocenters. The van der Waals surface area contributed by atoms with Crippen LogP contribution in [-0.4, -0.2) is 59.2 Å². The second-order valence-corrected chi connectivity index (χ2v) is 5.92. The van der Waals surface area contributed by atoms with Crippen molar-refractivity contribution in [2.45, 2.75) is 58.1 Å². The van der Waals surface area contributed by atoms with Crippen LogP contribution in [-0.2, 0) is 20.8 Å². The Kier molecular flexibility index (Phi) is 13.1. The molecule has 0 aliphatic carbocycles. The summed E-state index contributed by atoms with van der Waals surface area (Å²) in [5.41, 5.74) is 1.44. The lowest BCUT2D eigenvalue weighted by atomic mass is 10.0. The summed E-state index contributed by atoms with van der Waals surface area (Å²) in [7, 11) is 1.59. The van der Waals surface area contributed by atoms with Crippen LogP contribution in [0.15, 0.2) is 24.3 Å². The molecule has 0 radical (unpaired) electrons. The van der Waals surface area contributed by atoms with Crippen LogP contribution in [0.3, 0.4) is 0 Å². The van der Waals surface area contributed by atoms with Gasteiger partial charge in [-0.25, -0.2) is 4.79 Å². The van der Waals surface area contributed by atoms with Crippen LogP contribution in [0, 0.1) is 24.7 Å². The van der Waals surface area contributed by atoms with E-state index >= 15 is 0 Å². The lowest BCUT2D eigenvalue weighted by molar-refractivity contribution is -0.275. The fraction of sp³-hybridized carbons (Fsp3) is 0.476. The molecule has 1 aromatic carbocycles. The van der Waals surface area contributed by atoms with E-state index in [1.807, 2.05) is 0 Å². The third-order valence-corrected chi connectivity index (χ3v) is 3.54. The number of rotatable bonds is 4. The van der Waals surface area contributed by atoms with Gasteiger partial charge in [-0.1, -0.05) is 12.1 Å². The van der Waals surface area contributed by atoms with Gasteiger partial charge in [-0.3, -0.25) is 5.32 Å². The minimum Gasteiger partial charge on any atom is -0.416 e. The predicted octanol–water partition coefficient (Wildman–Crippen LogP) is 1.49. The fourth-order valence-corrected chi connectivity index (χ4v) is 2.21. The van der Waals surface area contributed by atoms with Crippen LogP contribution < -0.4 is 5.32 Å². The average Bonchev–Trinajstić information content (AvgIpc) is 2.67. The van der Waals surface area contributed by atoms with Crippen molar-refractivity contribution in [1.82, 2.24) is 0 Å². The van der Waals surface area contributed by atoms with E-state index in [0.29, 0.717) is 12.3 Å². The smallest absolute Gasteiger partial charge is 0.414 e. The molecule has 1 saturated heterocycles. The van der Waals surface area contributed by atoms with Crippen LogP contribution in [0.4, 0.5) is 10.5 Å². The van der Waals surface area contributed by atoms with Gasteiger partial charge in [0.05, 0.1) is 12.7 Å². The van der Waals surface area contributed by atoms with Crippen molar-refractivity contribution in [2.24, 2.45) is 0 Å². The highest BCUT2D eigenvalue weighted by atomic mass is 16.7. The van der Waals surface area contributed by atoms with Crippen molar-refractivity contribution in [3.8, 4) is 24.7 Å². The van der Waals surface area contributed by atoms with E-state index in [2.05, 4.69) is 30.0 Å². The van der Waals surface area contributed by atoms with Crippen LogP contribution in [0.1, 0.15) is 26.3 Å². The number of aliphatic hydroxyl groups excluding tert-OH is 3. The van der Waals surface area contributed by atoms with Gasteiger partial charge in [0.25, 0.3) is 0 Å². The van der Waals surface area contributed by atoms with Crippen molar-refractivity contribution in [1.29, 1.82) is 0 Å². The van der Waals surface area contributed by atoms with Gasteiger partial charge in [0.1, 0.15) is 18.3 Å². The number of benzene rings is 1. The van der Waals surface area contributed by atoms with Crippen molar-refractivity contribution in [2.75, 3.05) is 12.4 Å². The van der Waals surface area contributed by atoms with Gasteiger partial charge in [-0.2, -0.15) is 0 Å². The summed E-state index contributed by atoms with van der Waals surface area (Å²) >= 11 is 0. The van der Waals surface area contributed by atoms with Crippen LogP contribution in [0.2, 0.25) is 0 Å². The highest BCUT2D eigenvalue weighted by Crippen LogP contribution is 2.22. The standard InChI is InChI=1S/C15H21NO7.2C3H4/c1-8-11(17)12(18)13(19)14(22-8)23-15(20)16-10-5-3-9(4-6-10)7-21-2;2*1-3-2/h3-6,8,11-14,17-19H,7H2,1-2H3,(H,16,20);2*1H,2H3. The zero-order chi connectivity index (χ0) is 22.4. The zero-order valence-corrected chi connectivity index (χ0v) is 17.0. The van der Waals surface area contributed by atoms with Crippen LogP contribution in [0.25, 0.3) is 0 Å². The van der Waals surface area contributed by atoms with E-state index in [4.69, 9.17) is 14.2 Å². The predicted molar refractivity (Wildman–Crippen MR) is 109 cm³/mol. The lowest BCUT2D eigenvalue weighted by Crippen LogP contribution is -2.57. The number of methoxy groups -OCH3 is 1. The number of amides is 1. The number of nitrogens with one attached hydrogen (secondary N) is 1. The first-order valence-electron chi connectivity index (χ1n) is 8.75. The Labute approximate surface area is 171 Å². The first-order valence-corrected chi connectivity index (χ1v) is 8.75. The molecule has 1 amide bonds. The molecule has 1 fully saturated rings. The molecule has 29 heavy (non-hydrogen) atoms. The highest BCUT2D eigenvalue weighted by molar-refractivity contribution is 5.84. The molecule has 8 nitrogen and oxygen atoms in total. The van der Waals surface area contributed by atoms with E-state index in [9.17, 15) is 20.1 Å². The largest absolute Gasteiger partial charge is 0.416 e. The van der Waals surface area contributed by atoms with E-state index in [1.165, 1.54) is 6.92 Å². The Hall–Kier alpha value is -2.59. The molecule has 0 bridgehead atoms. The SMILES string of the molecule is C#CC.C#CC.COCc1ccc(NC(=O)OC2OC(C)C(O)C(O)C2O)cc1. The van der Waals surface area contributed by atoms with E-state index in [-0.39, 0.29) is 0 Å². The molecular formula is C21H29NO7. The number of aliphatic hydroxyl groups is 3. The first-order chi connectivity index (χ1) is 13.7. The normalized spacial score (nSPS) is 24.9. The molecule has 0 aromatic heterocycles. The number of hydrogen-bond donors (Lipinski definition) is 4. The van der Waals surface area contributed by atoms with Gasteiger partial charge in [-0.15, -0.1) is 24.7 Å². The van der Waals surface area contributed by atoms with Gasteiger partial charge in [0, 0.05) is 12.8 Å². The first kappa shape index (κ1) is 26.4. The maximum absolute atomic E-state index is 11.8. The number of ether oxygens (including phenoxy) is 3. The Morgan fingerprint density at radius 1 is 1.10 bits per heavy atom. The zero-order valence-electron chi connectivity index (χ0n) is 17.0. The number of hydrogen-bond acceptors (Lipinski definition) is 7. The summed E-state index contributed by atoms with van der Waals surface area (Å²) in [5.74, 6) is 4.50. The van der Waals surface area contributed by atoms with Crippen LogP contribution in [0.5, 0.6) is 0 Å². The number of anilines is 1. The van der Waals surface area contributed by atoms with Gasteiger partial charge < -0.3 is 29.5 Å². The molecule has 1 aliphatic heterocycles. The Morgan fingerprint density at radius 2 is 1.62 bits per heavy atom. The second-order valence-electron chi connectivity index (χ2n) is 5.92. The van der Waals surface area contributed by atoms with E-state index in [1.54, 1.807) is 45.2 Å². The van der Waals surface area contributed by atoms with Crippen molar-refractivity contribution < 1.29 is 34.3 Å². The minimum absolute atomic E-state index is 0.463. The summed E-state index contributed by atoms with van der Waals surface area (Å²) in [6.45, 7) is 5.27. The van der Waals surface area contributed by atoms with Gasteiger partial charge in [0.15, 0.2) is 0 Å². The molecule has 1 heterocycles. The lowest BCUT2D eigenvalue weighted by Gasteiger charge is -2.38. The molecule has 1 aromatic rings. The van der Waals surface area contributed by atoms with Crippen molar-refractivity contribution >= 4 is 11.8 Å². The molecule has 4 N–H and O–H groups in total. The highest BCUT2D eigenvalue weighted by Gasteiger charge is 2.43.